The number of anilines is 2. The largest absolute Gasteiger partial charge is 0.496 e. The molecule has 3 heterocycles. The van der Waals surface area contributed by atoms with Crippen LogP contribution in [0.4, 0.5) is 21.0 Å². The fraction of sp³-hybridized carbons (Fsp3) is 0.593. The molecule has 4 bridgehead atoms. The molecule has 2 saturated heterocycles. The van der Waals surface area contributed by atoms with E-state index in [0.717, 1.165) is 11.1 Å². The fourth-order valence-electron chi connectivity index (χ4n) is 10.2. The van der Waals surface area contributed by atoms with E-state index in [1.165, 1.54) is 39.2 Å². The summed E-state index contributed by atoms with van der Waals surface area (Å²) in [7, 11) is 5.87. The number of fused-ring (bicyclic) bond motifs is 5. The van der Waals surface area contributed by atoms with Crippen LogP contribution in [0.2, 0.25) is 5.02 Å². The van der Waals surface area contributed by atoms with Crippen molar-refractivity contribution in [1.29, 1.82) is 0 Å². The summed E-state index contributed by atoms with van der Waals surface area (Å²) in [5, 5.41) is 23.5. The monoisotopic (exact) mass is 1200 g/mol. The Hall–Kier alpha value is -6.21. The van der Waals surface area contributed by atoms with Crippen LogP contribution >= 0.6 is 23.8 Å². The maximum atomic E-state index is 14.5. The number of nitrogens with one attached hydrogen (secondary N) is 4. The van der Waals surface area contributed by atoms with Crippen LogP contribution in [-0.4, -0.2) is 161 Å². The van der Waals surface area contributed by atoms with Gasteiger partial charge in [-0.2, -0.15) is 0 Å². The van der Waals surface area contributed by atoms with Crippen molar-refractivity contribution in [3.05, 3.63) is 70.3 Å². The van der Waals surface area contributed by atoms with Crippen LogP contribution in [0.25, 0.3) is 0 Å². The first kappa shape index (κ1) is 67.6. The summed E-state index contributed by atoms with van der Waals surface area (Å²) in [5.74, 6) is -2.61. The van der Waals surface area contributed by atoms with E-state index in [2.05, 4.69) is 21.3 Å². The second-order valence-corrected chi connectivity index (χ2v) is 22.7. The minimum atomic E-state index is -1.65. The van der Waals surface area contributed by atoms with Crippen LogP contribution in [-0.2, 0) is 65.2 Å². The number of allylic oxidation sites excluding steroid dienone is 3. The van der Waals surface area contributed by atoms with Gasteiger partial charge >= 0.3 is 18.1 Å². The number of methoxy groups -OCH3 is 3. The summed E-state index contributed by atoms with van der Waals surface area (Å²) in [4.78, 5) is 94.3. The van der Waals surface area contributed by atoms with Crippen LogP contribution < -0.4 is 41.4 Å². The van der Waals surface area contributed by atoms with Crippen molar-refractivity contribution in [3.8, 4) is 11.5 Å². The number of primary amides is 1. The highest BCUT2D eigenvalue weighted by atomic mass is 35.5. The van der Waals surface area contributed by atoms with E-state index < -0.39 is 83.9 Å². The summed E-state index contributed by atoms with van der Waals surface area (Å²) in [5.41, 5.74) is 5.00. The van der Waals surface area contributed by atoms with Crippen molar-refractivity contribution in [2.75, 3.05) is 78.1 Å². The Bertz CT molecular complexity index is 2710. The van der Waals surface area contributed by atoms with Gasteiger partial charge in [0, 0.05) is 82.1 Å². The van der Waals surface area contributed by atoms with Gasteiger partial charge in [-0.1, -0.05) is 74.5 Å². The molecular weight excluding hydrogens is 1120 g/mol. The lowest BCUT2D eigenvalue weighted by Crippen LogP contribution is -2.53. The summed E-state index contributed by atoms with van der Waals surface area (Å²) in [6.45, 7) is 12.6. The van der Waals surface area contributed by atoms with Crippen LogP contribution in [0.15, 0.2) is 54.1 Å². The number of nitrogens with two attached hydrogens (primary N) is 1. The highest BCUT2D eigenvalue weighted by Crippen LogP contribution is 2.50. The molecule has 0 aromatic heterocycles. The van der Waals surface area contributed by atoms with Crippen LogP contribution in [0.5, 0.6) is 11.5 Å². The number of amides is 5. The van der Waals surface area contributed by atoms with Crippen LogP contribution in [0.1, 0.15) is 97.6 Å². The number of nitrogens with zero attached hydrogens (tertiary/aromatic N) is 1. The molecule has 0 saturated carbocycles. The number of ketones is 2. The SMILES string of the molecule is COc1cc(NC(=O)O[C@H]2CC(=O)N(C)c3cc(cc(OC)c3Cl)C/C(C)=C/C=C/[C@@H](OC)[C@]3(O)CC(=O)O[C@@H](C3)[C@@H](C)[C@@H]3O[C@@]23C)ccc1CC(=O)[C@H](CCCNC(N)=O)NC(=O)[C@@H](CC(=S)NCCOCCOCCC(C)=O)C(C)C. The number of benzene rings is 2. The average Bonchev–Trinajstić information content (AvgIpc) is 2.01. The van der Waals surface area contributed by atoms with E-state index in [1.54, 1.807) is 57.3 Å². The zero-order valence-corrected chi connectivity index (χ0v) is 50.8. The number of halogens is 1. The standard InChI is InChI=1S/C59H83ClN6O16S/c1-34(2)41(30-50(83)62-20-22-79-24-23-78-21-18-36(4)67)55(71)65-42(14-12-19-63-56(61)72)44(68)28-39-16-17-40(29-45(39)75-8)64-57(73)81-49-31-51(69)66(7)43-26-38(27-46(76-9)53(43)60)25-35(3)13-11-15-48(77-10)59(74)32-47(80-52(70)33-59)37(5)54-58(49,6)82-54/h11,13,15-17,26-27,29,34,37,41-42,47-49,54,74H,12,14,18-25,28,30-33H2,1-10H3,(H,62,83)(H,64,73)(H,65,71)(H3,61,63,72)/b15-11+,35-13+/t37-,41+,42+,47+,48-,49+,54+,58+,59-/m1/s1. The number of hydrogen-bond acceptors (Lipinski definition) is 17. The van der Waals surface area contributed by atoms with Gasteiger partial charge in [0.15, 0.2) is 5.78 Å². The van der Waals surface area contributed by atoms with Gasteiger partial charge in [0.1, 0.15) is 51.8 Å². The molecule has 2 fully saturated rings. The number of aliphatic hydroxyl groups is 1. The Kier molecular flexibility index (Phi) is 25.7. The number of hydrogen-bond donors (Lipinski definition) is 6. The average molecular weight is 1200 g/mol. The van der Waals surface area contributed by atoms with Gasteiger partial charge in [0.05, 0.1) is 76.3 Å². The van der Waals surface area contributed by atoms with E-state index in [-0.39, 0.29) is 78.5 Å². The summed E-state index contributed by atoms with van der Waals surface area (Å²) < 4.78 is 46.4. The second kappa shape index (κ2) is 31.6. The van der Waals surface area contributed by atoms with Crippen molar-refractivity contribution in [3.63, 3.8) is 0 Å². The number of carbonyl (C=O) groups excluding carboxylic acids is 7. The van der Waals surface area contributed by atoms with Crippen molar-refractivity contribution >= 4 is 81.7 Å². The lowest BCUT2D eigenvalue weighted by molar-refractivity contribution is -0.187. The highest BCUT2D eigenvalue weighted by molar-refractivity contribution is 7.80. The Morgan fingerprint density at radius 2 is 1.70 bits per heavy atom. The predicted molar refractivity (Wildman–Crippen MR) is 315 cm³/mol. The molecule has 3 aliphatic heterocycles. The number of urea groups is 1. The number of rotatable bonds is 26. The van der Waals surface area contributed by atoms with Gasteiger partial charge in [0.2, 0.25) is 11.8 Å². The lowest BCUT2D eigenvalue weighted by atomic mass is 9.78. The number of ether oxygens (including phenoxy) is 8. The first-order valence-electron chi connectivity index (χ1n) is 27.8. The number of epoxide rings is 1. The Morgan fingerprint density at radius 1 is 0.988 bits per heavy atom. The zero-order valence-electron chi connectivity index (χ0n) is 49.2. The third kappa shape index (κ3) is 19.7. The van der Waals surface area contributed by atoms with Gasteiger partial charge in [0.25, 0.3) is 0 Å². The quantitative estimate of drug-likeness (QED) is 0.0262. The number of carbonyl (C=O) groups is 7. The molecule has 7 N–H and O–H groups in total. The molecule has 0 aliphatic carbocycles. The third-order valence-corrected chi connectivity index (χ3v) is 15.8. The van der Waals surface area contributed by atoms with Gasteiger partial charge in [-0.15, -0.1) is 0 Å². The van der Waals surface area contributed by atoms with Gasteiger partial charge in [-0.25, -0.2) is 9.59 Å². The van der Waals surface area contributed by atoms with Crippen molar-refractivity contribution in [2.45, 2.75) is 141 Å². The lowest BCUT2D eigenvalue weighted by Gasteiger charge is -2.41. The van der Waals surface area contributed by atoms with Crippen LogP contribution in [0, 0.1) is 17.8 Å². The zero-order chi connectivity index (χ0) is 61.2. The Balaban J connectivity index is 1.33. The van der Waals surface area contributed by atoms with E-state index in [1.807, 2.05) is 26.8 Å². The van der Waals surface area contributed by atoms with Gasteiger partial charge in [-0.05, 0) is 69.7 Å². The minimum Gasteiger partial charge on any atom is -0.496 e. The van der Waals surface area contributed by atoms with Crippen molar-refractivity contribution < 1.29 is 76.6 Å². The summed E-state index contributed by atoms with van der Waals surface area (Å²) in [6.07, 6.45) is 1.16. The molecule has 24 heteroatoms. The molecule has 9 atom stereocenters. The van der Waals surface area contributed by atoms with E-state index >= 15 is 0 Å². The minimum absolute atomic E-state index is 0.0000976. The molecule has 0 spiro atoms. The van der Waals surface area contributed by atoms with E-state index in [9.17, 15) is 38.7 Å². The van der Waals surface area contributed by atoms with Crippen LogP contribution in [0.3, 0.4) is 0 Å². The van der Waals surface area contributed by atoms with E-state index in [4.69, 9.17) is 67.4 Å². The maximum Gasteiger partial charge on any atom is 0.412 e. The second-order valence-electron chi connectivity index (χ2n) is 21.9. The molecule has 2 aromatic carbocycles. The molecule has 5 amide bonds. The smallest absolute Gasteiger partial charge is 0.412 e. The van der Waals surface area contributed by atoms with Crippen molar-refractivity contribution in [1.82, 2.24) is 16.0 Å². The molecule has 2 aromatic rings. The third-order valence-electron chi connectivity index (χ3n) is 15.1. The molecule has 5 rings (SSSR count). The maximum absolute atomic E-state index is 14.5. The Labute approximate surface area is 496 Å². The van der Waals surface area contributed by atoms with Gasteiger partial charge < -0.3 is 69.6 Å². The number of Topliss-reactive ketones (excluding diaryl/α,β-unsaturated/α-hetero) is 2. The number of esters is 1. The molecular formula is C59H83ClN6O16S. The Morgan fingerprint density at radius 3 is 2.36 bits per heavy atom. The topological polar surface area (TPSA) is 294 Å². The fourth-order valence-corrected chi connectivity index (χ4v) is 10.8. The first-order chi connectivity index (χ1) is 39.3. The highest BCUT2D eigenvalue weighted by Gasteiger charge is 2.64. The normalized spacial score (nSPS) is 24.4. The molecule has 83 heavy (non-hydrogen) atoms. The molecule has 0 unspecified atom stereocenters. The molecule has 458 valence electrons. The van der Waals surface area contributed by atoms with E-state index in [0.29, 0.717) is 74.2 Å². The molecule has 3 aliphatic rings. The molecule has 22 nitrogen and oxygen atoms in total. The first-order valence-corrected chi connectivity index (χ1v) is 28.6. The summed E-state index contributed by atoms with van der Waals surface area (Å²) >= 11 is 12.5. The van der Waals surface area contributed by atoms with Gasteiger partial charge in [-0.3, -0.25) is 29.3 Å². The predicted octanol–water partition coefficient (Wildman–Crippen LogP) is 6.27. The summed E-state index contributed by atoms with van der Waals surface area (Å²) in [6, 6.07) is 6.46. The van der Waals surface area contributed by atoms with Crippen molar-refractivity contribution in [2.24, 2.45) is 23.5 Å². The number of thiocarbonyl (C=S) groups is 1. The molecule has 0 radical (unpaired) electrons.